The van der Waals surface area contributed by atoms with Crippen molar-refractivity contribution in [2.75, 3.05) is 7.05 Å². The monoisotopic (exact) mass is 215 g/mol. The van der Waals surface area contributed by atoms with E-state index in [9.17, 15) is 0 Å². The lowest BCUT2D eigenvalue weighted by Gasteiger charge is -2.27. The van der Waals surface area contributed by atoms with E-state index in [2.05, 4.69) is 56.3 Å². The van der Waals surface area contributed by atoms with Crippen LogP contribution >= 0.6 is 0 Å². The Kier molecular flexibility index (Phi) is 3.13. The first-order valence-electron chi connectivity index (χ1n) is 6.14. The molecule has 0 aromatic carbocycles. The van der Waals surface area contributed by atoms with Crippen molar-refractivity contribution in [2.24, 2.45) is 28.7 Å². The fourth-order valence-electron chi connectivity index (χ4n) is 2.94. The zero-order chi connectivity index (χ0) is 11.7. The highest BCUT2D eigenvalue weighted by molar-refractivity contribution is 5.81. The van der Waals surface area contributed by atoms with Crippen LogP contribution in [0, 0.1) is 23.7 Å². The third-order valence-corrected chi connectivity index (χ3v) is 4.06. The number of hydrogen-bond acceptors (Lipinski definition) is 1. The summed E-state index contributed by atoms with van der Waals surface area (Å²) in [5.41, 5.74) is 2.89. The fraction of sp³-hybridized carbons (Fsp3) is 0.533. The molecule has 0 heterocycles. The second-order valence-corrected chi connectivity index (χ2v) is 5.05. The standard InChI is InChI=1S/C15H21N/c1-10-5-6-13-7-8-14(10)12(3)15(9-16-4)11(13)2/h5-10,12-14H,1-4H3. The molecule has 1 nitrogen and oxygen atoms in total. The summed E-state index contributed by atoms with van der Waals surface area (Å²) in [6.45, 7) is 6.88. The Labute approximate surface area is 98.7 Å². The van der Waals surface area contributed by atoms with E-state index in [0.717, 1.165) is 0 Å². The molecule has 2 rings (SSSR count). The van der Waals surface area contributed by atoms with Crippen LogP contribution in [0.25, 0.3) is 0 Å². The van der Waals surface area contributed by atoms with Crippen molar-refractivity contribution in [1.82, 2.24) is 0 Å². The van der Waals surface area contributed by atoms with E-state index in [4.69, 9.17) is 0 Å². The molecule has 0 saturated heterocycles. The molecule has 1 heteroatoms. The molecule has 0 aromatic rings. The molecule has 86 valence electrons. The molecular formula is C15H21N. The van der Waals surface area contributed by atoms with Crippen molar-refractivity contribution in [3.63, 3.8) is 0 Å². The van der Waals surface area contributed by atoms with E-state index < -0.39 is 0 Å². The molecule has 0 radical (unpaired) electrons. The molecule has 2 bridgehead atoms. The Morgan fingerprint density at radius 3 is 2.50 bits per heavy atom. The van der Waals surface area contributed by atoms with Gasteiger partial charge in [0.25, 0.3) is 0 Å². The minimum absolute atomic E-state index is 0.477. The van der Waals surface area contributed by atoms with Crippen LogP contribution < -0.4 is 0 Å². The number of hydrogen-bond donors (Lipinski definition) is 0. The van der Waals surface area contributed by atoms with E-state index in [1.54, 1.807) is 0 Å². The highest BCUT2D eigenvalue weighted by Gasteiger charge is 2.29. The predicted molar refractivity (Wildman–Crippen MR) is 70.7 cm³/mol. The molecule has 0 aliphatic heterocycles. The summed E-state index contributed by atoms with van der Waals surface area (Å²) >= 11 is 0. The third kappa shape index (κ3) is 1.79. The molecule has 16 heavy (non-hydrogen) atoms. The Balaban J connectivity index is 2.51. The maximum atomic E-state index is 4.22. The summed E-state index contributed by atoms with van der Waals surface area (Å²) in [6, 6.07) is 0. The Morgan fingerprint density at radius 1 is 1.12 bits per heavy atom. The maximum absolute atomic E-state index is 4.22. The summed E-state index contributed by atoms with van der Waals surface area (Å²) in [7, 11) is 1.86. The number of aliphatic imine (C=N–C) groups is 1. The first kappa shape index (κ1) is 11.4. The first-order chi connectivity index (χ1) is 7.65. The lowest BCUT2D eigenvalue weighted by Crippen LogP contribution is -2.20. The van der Waals surface area contributed by atoms with Gasteiger partial charge in [0.1, 0.15) is 0 Å². The molecule has 0 amide bonds. The molecule has 2 aliphatic rings. The number of rotatable bonds is 1. The quantitative estimate of drug-likeness (QED) is 0.467. The van der Waals surface area contributed by atoms with Gasteiger partial charge in [-0.25, -0.2) is 0 Å². The molecule has 4 unspecified atom stereocenters. The Morgan fingerprint density at radius 2 is 1.81 bits per heavy atom. The van der Waals surface area contributed by atoms with Gasteiger partial charge in [0.2, 0.25) is 0 Å². The second-order valence-electron chi connectivity index (χ2n) is 5.05. The van der Waals surface area contributed by atoms with Crippen molar-refractivity contribution in [2.45, 2.75) is 20.8 Å². The summed E-state index contributed by atoms with van der Waals surface area (Å²) in [4.78, 5) is 4.22. The van der Waals surface area contributed by atoms with E-state index in [1.165, 1.54) is 11.1 Å². The van der Waals surface area contributed by atoms with E-state index in [1.807, 2.05) is 7.05 Å². The van der Waals surface area contributed by atoms with E-state index in [-0.39, 0.29) is 0 Å². The van der Waals surface area contributed by atoms with Gasteiger partial charge in [0, 0.05) is 19.2 Å². The van der Waals surface area contributed by atoms with E-state index >= 15 is 0 Å². The minimum atomic E-state index is 0.477. The normalized spacial score (nSPS) is 38.2. The Bertz CT molecular complexity index is 384. The summed E-state index contributed by atoms with van der Waals surface area (Å²) < 4.78 is 0. The minimum Gasteiger partial charge on any atom is -0.296 e. The van der Waals surface area contributed by atoms with Crippen molar-refractivity contribution < 1.29 is 0 Å². The summed E-state index contributed by atoms with van der Waals surface area (Å²) in [5.74, 6) is 2.30. The molecule has 2 aliphatic carbocycles. The molecule has 0 N–H and O–H groups in total. The molecule has 4 atom stereocenters. The van der Waals surface area contributed by atoms with Gasteiger partial charge in [-0.2, -0.15) is 0 Å². The SMILES string of the molecule is CN=CC1=C(C)C2C=CC(C)C(C=C2)C1C. The smallest absolute Gasteiger partial charge is 0.0277 e. The highest BCUT2D eigenvalue weighted by Crippen LogP contribution is 2.38. The lowest BCUT2D eigenvalue weighted by molar-refractivity contribution is 0.409. The molecule has 0 aromatic heterocycles. The second kappa shape index (κ2) is 4.40. The Hall–Kier alpha value is -1.11. The van der Waals surface area contributed by atoms with Gasteiger partial charge in [-0.1, -0.05) is 43.7 Å². The lowest BCUT2D eigenvalue weighted by atomic mass is 9.77. The van der Waals surface area contributed by atoms with Crippen LogP contribution in [-0.2, 0) is 0 Å². The van der Waals surface area contributed by atoms with Gasteiger partial charge in [-0.05, 0) is 30.3 Å². The van der Waals surface area contributed by atoms with Crippen LogP contribution in [0.5, 0.6) is 0 Å². The van der Waals surface area contributed by atoms with Crippen LogP contribution in [-0.4, -0.2) is 13.3 Å². The molecule has 0 saturated carbocycles. The van der Waals surface area contributed by atoms with Gasteiger partial charge in [0.05, 0.1) is 0 Å². The number of nitrogens with zero attached hydrogens (tertiary/aromatic N) is 1. The average Bonchev–Trinajstić information content (AvgIpc) is 2.52. The van der Waals surface area contributed by atoms with E-state index in [0.29, 0.717) is 23.7 Å². The topological polar surface area (TPSA) is 12.4 Å². The predicted octanol–water partition coefficient (Wildman–Crippen LogP) is 3.65. The van der Waals surface area contributed by atoms with Gasteiger partial charge in [-0.3, -0.25) is 4.99 Å². The third-order valence-electron chi connectivity index (χ3n) is 4.06. The van der Waals surface area contributed by atoms with Gasteiger partial charge in [-0.15, -0.1) is 0 Å². The number of allylic oxidation sites excluding steroid dienone is 6. The molecule has 0 spiro atoms. The zero-order valence-corrected chi connectivity index (χ0v) is 10.6. The fourth-order valence-corrected chi connectivity index (χ4v) is 2.94. The van der Waals surface area contributed by atoms with Crippen molar-refractivity contribution in [3.8, 4) is 0 Å². The van der Waals surface area contributed by atoms with Crippen LogP contribution in [0.3, 0.4) is 0 Å². The average molecular weight is 215 g/mol. The molecular weight excluding hydrogens is 194 g/mol. The van der Waals surface area contributed by atoms with Crippen LogP contribution in [0.2, 0.25) is 0 Å². The molecule has 0 fully saturated rings. The van der Waals surface area contributed by atoms with Crippen LogP contribution in [0.1, 0.15) is 20.8 Å². The highest BCUT2D eigenvalue weighted by atomic mass is 14.6. The van der Waals surface area contributed by atoms with Gasteiger partial charge < -0.3 is 0 Å². The summed E-state index contributed by atoms with van der Waals surface area (Å²) in [6.07, 6.45) is 11.5. The largest absolute Gasteiger partial charge is 0.296 e. The maximum Gasteiger partial charge on any atom is 0.0277 e. The van der Waals surface area contributed by atoms with Crippen molar-refractivity contribution >= 4 is 6.21 Å². The van der Waals surface area contributed by atoms with Gasteiger partial charge in [0.15, 0.2) is 0 Å². The van der Waals surface area contributed by atoms with Crippen LogP contribution in [0.15, 0.2) is 40.4 Å². The summed E-state index contributed by atoms with van der Waals surface area (Å²) in [5, 5.41) is 0. The zero-order valence-electron chi connectivity index (χ0n) is 10.6. The van der Waals surface area contributed by atoms with Crippen molar-refractivity contribution in [1.29, 1.82) is 0 Å². The van der Waals surface area contributed by atoms with Crippen molar-refractivity contribution in [3.05, 3.63) is 35.5 Å². The van der Waals surface area contributed by atoms with Crippen LogP contribution in [0.4, 0.5) is 0 Å². The number of fused-ring (bicyclic) bond motifs is 2. The van der Waals surface area contributed by atoms with Gasteiger partial charge >= 0.3 is 0 Å². The first-order valence-corrected chi connectivity index (χ1v) is 6.14.